The van der Waals surface area contributed by atoms with Crippen LogP contribution in [0.3, 0.4) is 0 Å². The fourth-order valence-corrected chi connectivity index (χ4v) is 2.76. The standard InChI is InChI=1S/C13H11Cl2FN4/c1-17-11-10-2-3-20(12(10)19-13(15)18-11)9-5-7(14)4-8(16)6-9/h4-6H,2-3H2,1H3,(H,17,18,19). The zero-order valence-corrected chi connectivity index (χ0v) is 12.1. The van der Waals surface area contributed by atoms with Crippen molar-refractivity contribution in [1.82, 2.24) is 9.97 Å². The van der Waals surface area contributed by atoms with E-state index in [0.29, 0.717) is 28.9 Å². The molecule has 2 aromatic rings. The summed E-state index contributed by atoms with van der Waals surface area (Å²) in [5.74, 6) is 1.01. The highest BCUT2D eigenvalue weighted by atomic mass is 35.5. The summed E-state index contributed by atoms with van der Waals surface area (Å²) in [5.41, 5.74) is 1.63. The molecular formula is C13H11Cl2FN4. The van der Waals surface area contributed by atoms with Gasteiger partial charge < -0.3 is 10.2 Å². The monoisotopic (exact) mass is 312 g/mol. The molecule has 1 aromatic heterocycles. The van der Waals surface area contributed by atoms with Gasteiger partial charge in [-0.15, -0.1) is 0 Å². The van der Waals surface area contributed by atoms with Gasteiger partial charge in [-0.1, -0.05) is 11.6 Å². The van der Waals surface area contributed by atoms with E-state index in [-0.39, 0.29) is 11.1 Å². The second-order valence-corrected chi connectivity index (χ2v) is 5.20. The third-order valence-electron chi connectivity index (χ3n) is 3.19. The van der Waals surface area contributed by atoms with Crippen molar-refractivity contribution in [1.29, 1.82) is 0 Å². The highest BCUT2D eigenvalue weighted by Gasteiger charge is 2.26. The van der Waals surface area contributed by atoms with Gasteiger partial charge in [0, 0.05) is 29.9 Å². The molecule has 0 unspecified atom stereocenters. The molecule has 0 radical (unpaired) electrons. The van der Waals surface area contributed by atoms with Gasteiger partial charge in [0.2, 0.25) is 5.28 Å². The van der Waals surface area contributed by atoms with E-state index in [4.69, 9.17) is 23.2 Å². The van der Waals surface area contributed by atoms with Crippen molar-refractivity contribution in [2.45, 2.75) is 6.42 Å². The maximum atomic E-state index is 13.5. The number of aromatic nitrogens is 2. The van der Waals surface area contributed by atoms with E-state index in [1.54, 1.807) is 13.1 Å². The largest absolute Gasteiger partial charge is 0.373 e. The molecule has 0 amide bonds. The highest BCUT2D eigenvalue weighted by Crippen LogP contribution is 2.37. The zero-order valence-electron chi connectivity index (χ0n) is 10.6. The van der Waals surface area contributed by atoms with Gasteiger partial charge in [-0.2, -0.15) is 4.98 Å². The van der Waals surface area contributed by atoms with Gasteiger partial charge in [0.25, 0.3) is 0 Å². The van der Waals surface area contributed by atoms with Crippen LogP contribution < -0.4 is 10.2 Å². The van der Waals surface area contributed by atoms with E-state index in [1.165, 1.54) is 12.1 Å². The Morgan fingerprint density at radius 3 is 2.75 bits per heavy atom. The fraction of sp³-hybridized carbons (Fsp3) is 0.231. The Hall–Kier alpha value is -1.59. The van der Waals surface area contributed by atoms with Crippen LogP contribution in [0.2, 0.25) is 10.3 Å². The molecule has 0 fully saturated rings. The summed E-state index contributed by atoms with van der Waals surface area (Å²) in [6.07, 6.45) is 0.761. The predicted molar refractivity (Wildman–Crippen MR) is 78.7 cm³/mol. The average molecular weight is 313 g/mol. The Balaban J connectivity index is 2.10. The third kappa shape index (κ3) is 2.27. The molecule has 0 saturated carbocycles. The molecule has 20 heavy (non-hydrogen) atoms. The van der Waals surface area contributed by atoms with Gasteiger partial charge in [0.05, 0.1) is 0 Å². The molecule has 4 nitrogen and oxygen atoms in total. The molecule has 1 aliphatic rings. The first-order valence-electron chi connectivity index (χ1n) is 6.06. The van der Waals surface area contributed by atoms with Crippen molar-refractivity contribution in [2.24, 2.45) is 0 Å². The number of hydrogen-bond donors (Lipinski definition) is 1. The van der Waals surface area contributed by atoms with Gasteiger partial charge in [-0.05, 0) is 36.2 Å². The zero-order chi connectivity index (χ0) is 14.3. The summed E-state index contributed by atoms with van der Waals surface area (Å²) >= 11 is 11.8. The first kappa shape index (κ1) is 13.4. The molecule has 0 spiro atoms. The van der Waals surface area contributed by atoms with Crippen LogP contribution in [0.25, 0.3) is 0 Å². The summed E-state index contributed by atoms with van der Waals surface area (Å²) < 4.78 is 13.5. The number of benzene rings is 1. The molecule has 2 heterocycles. The van der Waals surface area contributed by atoms with Crippen LogP contribution in [0, 0.1) is 5.82 Å². The quantitative estimate of drug-likeness (QED) is 0.859. The molecular weight excluding hydrogens is 302 g/mol. The van der Waals surface area contributed by atoms with Gasteiger partial charge in [-0.3, -0.25) is 0 Å². The maximum absolute atomic E-state index is 13.5. The third-order valence-corrected chi connectivity index (χ3v) is 3.58. The maximum Gasteiger partial charge on any atom is 0.226 e. The topological polar surface area (TPSA) is 41.1 Å². The first-order chi connectivity index (χ1) is 9.58. The van der Waals surface area contributed by atoms with Crippen LogP contribution in [0.4, 0.5) is 21.7 Å². The van der Waals surface area contributed by atoms with E-state index in [2.05, 4.69) is 15.3 Å². The van der Waals surface area contributed by atoms with Gasteiger partial charge >= 0.3 is 0 Å². The summed E-state index contributed by atoms with van der Waals surface area (Å²) in [7, 11) is 1.78. The van der Waals surface area contributed by atoms with Crippen molar-refractivity contribution >= 4 is 40.5 Å². The van der Waals surface area contributed by atoms with Crippen molar-refractivity contribution in [2.75, 3.05) is 23.8 Å². The SMILES string of the molecule is CNc1nc(Cl)nc2c1CCN2c1cc(F)cc(Cl)c1. The summed E-state index contributed by atoms with van der Waals surface area (Å²) in [6.45, 7) is 0.679. The number of halogens is 3. The Morgan fingerprint density at radius 2 is 2.05 bits per heavy atom. The van der Waals surface area contributed by atoms with Crippen LogP contribution in [-0.4, -0.2) is 23.6 Å². The lowest BCUT2D eigenvalue weighted by molar-refractivity contribution is 0.627. The van der Waals surface area contributed by atoms with Crippen LogP contribution in [0.15, 0.2) is 18.2 Å². The van der Waals surface area contributed by atoms with Crippen LogP contribution in [-0.2, 0) is 6.42 Å². The summed E-state index contributed by atoms with van der Waals surface area (Å²) in [5, 5.41) is 3.51. The van der Waals surface area contributed by atoms with Gasteiger partial charge in [-0.25, -0.2) is 9.37 Å². The highest BCUT2D eigenvalue weighted by molar-refractivity contribution is 6.31. The fourth-order valence-electron chi connectivity index (χ4n) is 2.38. The van der Waals surface area contributed by atoms with Crippen LogP contribution in [0.1, 0.15) is 5.56 Å². The molecule has 0 saturated heterocycles. The summed E-state index contributed by atoms with van der Waals surface area (Å²) in [6, 6.07) is 4.40. The van der Waals surface area contributed by atoms with E-state index in [9.17, 15) is 4.39 Å². The van der Waals surface area contributed by atoms with Crippen molar-refractivity contribution in [3.05, 3.63) is 39.9 Å². The number of anilines is 3. The van der Waals surface area contributed by atoms with Crippen molar-refractivity contribution < 1.29 is 4.39 Å². The summed E-state index contributed by atoms with van der Waals surface area (Å²) in [4.78, 5) is 10.3. The number of nitrogens with zero attached hydrogens (tertiary/aromatic N) is 3. The van der Waals surface area contributed by atoms with Crippen molar-refractivity contribution in [3.8, 4) is 0 Å². The molecule has 1 N–H and O–H groups in total. The predicted octanol–water partition coefficient (Wildman–Crippen LogP) is 3.66. The second kappa shape index (κ2) is 5.07. The molecule has 7 heteroatoms. The Morgan fingerprint density at radius 1 is 1.25 bits per heavy atom. The average Bonchev–Trinajstić information content (AvgIpc) is 2.80. The molecule has 1 aromatic carbocycles. The Bertz CT molecular complexity index is 657. The normalized spacial score (nSPS) is 13.5. The molecule has 0 bridgehead atoms. The lowest BCUT2D eigenvalue weighted by Crippen LogP contribution is -2.14. The van der Waals surface area contributed by atoms with E-state index < -0.39 is 0 Å². The van der Waals surface area contributed by atoms with E-state index in [0.717, 1.165) is 12.0 Å². The number of nitrogens with one attached hydrogen (secondary N) is 1. The molecule has 0 aliphatic carbocycles. The first-order valence-corrected chi connectivity index (χ1v) is 6.82. The second-order valence-electron chi connectivity index (χ2n) is 4.42. The van der Waals surface area contributed by atoms with E-state index >= 15 is 0 Å². The van der Waals surface area contributed by atoms with Gasteiger partial charge in [0.15, 0.2) is 0 Å². The Kier molecular flexibility index (Phi) is 3.40. The van der Waals surface area contributed by atoms with Gasteiger partial charge in [0.1, 0.15) is 17.5 Å². The smallest absolute Gasteiger partial charge is 0.226 e. The molecule has 1 aliphatic heterocycles. The van der Waals surface area contributed by atoms with Crippen LogP contribution in [0.5, 0.6) is 0 Å². The van der Waals surface area contributed by atoms with Crippen molar-refractivity contribution in [3.63, 3.8) is 0 Å². The lowest BCUT2D eigenvalue weighted by Gasteiger charge is -2.19. The number of rotatable bonds is 2. The number of hydrogen-bond acceptors (Lipinski definition) is 4. The number of fused-ring (bicyclic) bond motifs is 1. The molecule has 3 rings (SSSR count). The molecule has 104 valence electrons. The van der Waals surface area contributed by atoms with Crippen LogP contribution >= 0.6 is 23.2 Å². The minimum absolute atomic E-state index is 0.155. The minimum atomic E-state index is -0.380. The lowest BCUT2D eigenvalue weighted by atomic mass is 10.2. The minimum Gasteiger partial charge on any atom is -0.373 e. The van der Waals surface area contributed by atoms with E-state index in [1.807, 2.05) is 4.90 Å². The molecule has 0 atom stereocenters. The Labute approximate surface area is 125 Å².